The monoisotopic (exact) mass is 411 g/mol. The number of aliphatic imine (C=N–C) groups is 1. The Morgan fingerprint density at radius 1 is 0.966 bits per heavy atom. The van der Waals surface area contributed by atoms with E-state index in [9.17, 15) is 4.79 Å². The van der Waals surface area contributed by atoms with Gasteiger partial charge in [0.15, 0.2) is 5.96 Å². The Morgan fingerprint density at radius 3 is 2.28 bits per heavy atom. The molecular weight excluding hydrogens is 382 g/mol. The van der Waals surface area contributed by atoms with Crippen molar-refractivity contribution >= 4 is 29.3 Å². The van der Waals surface area contributed by atoms with Gasteiger partial charge in [0.25, 0.3) is 0 Å². The van der Waals surface area contributed by atoms with Crippen molar-refractivity contribution in [2.24, 2.45) is 4.99 Å². The maximum atomic E-state index is 12.5. The van der Waals surface area contributed by atoms with Crippen LogP contribution in [0.1, 0.15) is 0 Å². The third-order valence-corrected chi connectivity index (χ3v) is 5.80. The van der Waals surface area contributed by atoms with Crippen molar-refractivity contribution in [2.45, 2.75) is 4.90 Å². The predicted octanol–water partition coefficient (Wildman–Crippen LogP) is 2.29. The molecule has 0 radical (unpaired) electrons. The number of carbonyl (C=O) groups excluding carboxylic acids is 1. The van der Waals surface area contributed by atoms with Crippen molar-refractivity contribution in [3.8, 4) is 0 Å². The molecule has 1 aliphatic heterocycles. The third-order valence-electron chi connectivity index (χ3n) is 4.79. The van der Waals surface area contributed by atoms with Crippen LogP contribution in [-0.4, -0.2) is 68.8 Å². The maximum Gasteiger partial charge on any atom is 0.242 e. The average Bonchev–Trinajstić information content (AvgIpc) is 2.80. The van der Waals surface area contributed by atoms with E-state index in [2.05, 4.69) is 44.8 Å². The largest absolute Gasteiger partial charge is 0.368 e. The van der Waals surface area contributed by atoms with Crippen LogP contribution in [0.3, 0.4) is 0 Å². The molecule has 1 aliphatic rings. The van der Waals surface area contributed by atoms with Crippen molar-refractivity contribution in [2.75, 3.05) is 57.0 Å². The zero-order valence-corrected chi connectivity index (χ0v) is 17.7. The molecule has 7 heteroatoms. The molecular formula is C22H29N5OS. The lowest BCUT2D eigenvalue weighted by atomic mass is 10.2. The fourth-order valence-electron chi connectivity index (χ4n) is 3.20. The van der Waals surface area contributed by atoms with Crippen molar-refractivity contribution in [1.29, 1.82) is 0 Å². The highest BCUT2D eigenvalue weighted by molar-refractivity contribution is 7.99. The van der Waals surface area contributed by atoms with Gasteiger partial charge in [-0.2, -0.15) is 0 Å². The molecule has 2 N–H and O–H groups in total. The first-order chi connectivity index (χ1) is 14.3. The van der Waals surface area contributed by atoms with E-state index in [0.717, 1.165) is 38.5 Å². The van der Waals surface area contributed by atoms with Gasteiger partial charge in [0, 0.05) is 56.1 Å². The molecule has 1 heterocycles. The normalized spacial score (nSPS) is 14.6. The molecule has 3 rings (SSSR count). The molecule has 0 aliphatic carbocycles. The van der Waals surface area contributed by atoms with Crippen LogP contribution in [0.15, 0.2) is 70.6 Å². The maximum absolute atomic E-state index is 12.5. The Hall–Kier alpha value is -2.67. The molecule has 6 nitrogen and oxygen atoms in total. The zero-order chi connectivity index (χ0) is 20.3. The summed E-state index contributed by atoms with van der Waals surface area (Å²) in [7, 11) is 1.72. The number of nitrogens with one attached hydrogen (secondary N) is 2. The van der Waals surface area contributed by atoms with Gasteiger partial charge >= 0.3 is 0 Å². The fourth-order valence-corrected chi connectivity index (χ4v) is 3.99. The molecule has 29 heavy (non-hydrogen) atoms. The first-order valence-corrected chi connectivity index (χ1v) is 10.9. The highest BCUT2D eigenvalue weighted by Crippen LogP contribution is 2.16. The van der Waals surface area contributed by atoms with E-state index in [1.165, 1.54) is 10.6 Å². The summed E-state index contributed by atoms with van der Waals surface area (Å²) in [5.41, 5.74) is 1.22. The number of rotatable bonds is 7. The minimum atomic E-state index is 0.110. The number of nitrogens with zero attached hydrogens (tertiary/aromatic N) is 3. The number of hydrogen-bond acceptors (Lipinski definition) is 4. The molecule has 0 unspecified atom stereocenters. The minimum absolute atomic E-state index is 0.110. The van der Waals surface area contributed by atoms with Gasteiger partial charge in [-0.05, 0) is 24.3 Å². The lowest BCUT2D eigenvalue weighted by Gasteiger charge is -2.36. The van der Waals surface area contributed by atoms with Crippen LogP contribution < -0.4 is 15.5 Å². The molecule has 2 aromatic carbocycles. The number of hydrogen-bond donors (Lipinski definition) is 2. The van der Waals surface area contributed by atoms with Gasteiger partial charge in [-0.25, -0.2) is 0 Å². The summed E-state index contributed by atoms with van der Waals surface area (Å²) < 4.78 is 0. The lowest BCUT2D eigenvalue weighted by molar-refractivity contribution is -0.130. The summed E-state index contributed by atoms with van der Waals surface area (Å²) in [6.45, 7) is 4.25. The molecule has 0 atom stereocenters. The van der Waals surface area contributed by atoms with E-state index in [1.807, 2.05) is 41.3 Å². The smallest absolute Gasteiger partial charge is 0.242 e. The van der Waals surface area contributed by atoms with Crippen molar-refractivity contribution in [3.05, 3.63) is 60.7 Å². The molecule has 1 fully saturated rings. The van der Waals surface area contributed by atoms with E-state index in [-0.39, 0.29) is 12.5 Å². The Morgan fingerprint density at radius 2 is 1.62 bits per heavy atom. The first kappa shape index (κ1) is 21.0. The average molecular weight is 412 g/mol. The number of piperazine rings is 1. The lowest BCUT2D eigenvalue weighted by Crippen LogP contribution is -2.52. The fraction of sp³-hybridized carbons (Fsp3) is 0.364. The van der Waals surface area contributed by atoms with Gasteiger partial charge in [-0.15, -0.1) is 11.8 Å². The Kier molecular flexibility index (Phi) is 8.25. The summed E-state index contributed by atoms with van der Waals surface area (Å²) in [5.74, 6) is 1.70. The minimum Gasteiger partial charge on any atom is -0.368 e. The molecule has 154 valence electrons. The second-order valence-electron chi connectivity index (χ2n) is 6.72. The van der Waals surface area contributed by atoms with Crippen molar-refractivity contribution in [1.82, 2.24) is 15.5 Å². The number of anilines is 1. The van der Waals surface area contributed by atoms with Crippen LogP contribution in [-0.2, 0) is 4.79 Å². The number of thioether (sulfide) groups is 1. The second kappa shape index (κ2) is 11.4. The zero-order valence-electron chi connectivity index (χ0n) is 16.9. The third kappa shape index (κ3) is 6.71. The van der Waals surface area contributed by atoms with Crippen LogP contribution >= 0.6 is 11.8 Å². The highest BCUT2D eigenvalue weighted by Gasteiger charge is 2.21. The second-order valence-corrected chi connectivity index (χ2v) is 7.89. The molecule has 0 bridgehead atoms. The van der Waals surface area contributed by atoms with E-state index < -0.39 is 0 Å². The van der Waals surface area contributed by atoms with Gasteiger partial charge in [0.2, 0.25) is 5.91 Å². The predicted molar refractivity (Wildman–Crippen MR) is 122 cm³/mol. The quantitative estimate of drug-likeness (QED) is 0.317. The number of guanidine groups is 1. The van der Waals surface area contributed by atoms with Crippen LogP contribution in [0.5, 0.6) is 0 Å². The SMILES string of the molecule is CN=C(NCCSc1ccccc1)NCC(=O)N1CCN(c2ccccc2)CC1. The van der Waals surface area contributed by atoms with Gasteiger partial charge in [0.1, 0.15) is 0 Å². The molecule has 0 spiro atoms. The summed E-state index contributed by atoms with van der Waals surface area (Å²) in [4.78, 5) is 22.2. The standard InChI is InChI=1S/C22H29N5OS/c1-23-22(24-12-17-29-20-10-6-3-7-11-20)25-18-21(28)27-15-13-26(14-16-27)19-8-4-2-5-9-19/h2-11H,12-18H2,1H3,(H2,23,24,25). The van der Waals surface area contributed by atoms with Crippen molar-refractivity contribution in [3.63, 3.8) is 0 Å². The van der Waals surface area contributed by atoms with Gasteiger partial charge in [0.05, 0.1) is 6.54 Å². The van der Waals surface area contributed by atoms with Gasteiger partial charge in [-0.3, -0.25) is 9.79 Å². The highest BCUT2D eigenvalue weighted by atomic mass is 32.2. The summed E-state index contributed by atoms with van der Waals surface area (Å²) >= 11 is 1.79. The summed E-state index contributed by atoms with van der Waals surface area (Å²) in [6, 6.07) is 20.7. The van der Waals surface area contributed by atoms with Gasteiger partial charge < -0.3 is 20.4 Å². The van der Waals surface area contributed by atoms with Gasteiger partial charge in [-0.1, -0.05) is 36.4 Å². The molecule has 1 amide bonds. The molecule has 2 aromatic rings. The van der Waals surface area contributed by atoms with Crippen LogP contribution in [0.4, 0.5) is 5.69 Å². The van der Waals surface area contributed by atoms with Crippen LogP contribution in [0, 0.1) is 0 Å². The Labute approximate surface area is 177 Å². The molecule has 0 saturated carbocycles. The number of para-hydroxylation sites is 1. The Bertz CT molecular complexity index is 776. The van der Waals surface area contributed by atoms with Crippen molar-refractivity contribution < 1.29 is 4.79 Å². The molecule has 1 saturated heterocycles. The molecule has 0 aromatic heterocycles. The topological polar surface area (TPSA) is 60.0 Å². The van der Waals surface area contributed by atoms with Crippen LogP contribution in [0.25, 0.3) is 0 Å². The summed E-state index contributed by atoms with van der Waals surface area (Å²) in [6.07, 6.45) is 0. The van der Waals surface area contributed by atoms with E-state index in [0.29, 0.717) is 5.96 Å². The summed E-state index contributed by atoms with van der Waals surface area (Å²) in [5, 5.41) is 6.40. The number of carbonyl (C=O) groups is 1. The number of amides is 1. The Balaban J connectivity index is 1.33. The van der Waals surface area contributed by atoms with Crippen LogP contribution in [0.2, 0.25) is 0 Å². The van der Waals surface area contributed by atoms with E-state index >= 15 is 0 Å². The van der Waals surface area contributed by atoms with E-state index in [4.69, 9.17) is 0 Å². The van der Waals surface area contributed by atoms with E-state index in [1.54, 1.807) is 18.8 Å². The first-order valence-electron chi connectivity index (χ1n) is 9.96. The number of benzene rings is 2.